The summed E-state index contributed by atoms with van der Waals surface area (Å²) in [5.74, 6) is -0.524. The van der Waals surface area contributed by atoms with E-state index >= 15 is 0 Å². The molecule has 160 valence electrons. The van der Waals surface area contributed by atoms with E-state index in [0.29, 0.717) is 26.2 Å². The lowest BCUT2D eigenvalue weighted by atomic mass is 10.0. The molecular formula is C22H24F4N4. The molecule has 0 radical (unpaired) electrons. The normalized spacial score (nSPS) is 17.5. The predicted molar refractivity (Wildman–Crippen MR) is 108 cm³/mol. The highest BCUT2D eigenvalue weighted by Gasteiger charge is 2.33. The number of alkyl halides is 3. The number of aryl methyl sites for hydroxylation is 1. The van der Waals surface area contributed by atoms with E-state index in [1.54, 1.807) is 6.07 Å². The Morgan fingerprint density at radius 2 is 1.80 bits per heavy atom. The van der Waals surface area contributed by atoms with Crippen molar-refractivity contribution in [2.45, 2.75) is 26.1 Å². The first kappa shape index (κ1) is 20.8. The Balaban J connectivity index is 1.61. The van der Waals surface area contributed by atoms with Crippen LogP contribution in [0.15, 0.2) is 42.7 Å². The highest BCUT2D eigenvalue weighted by Crippen LogP contribution is 2.32. The first-order valence-electron chi connectivity index (χ1n) is 9.98. The van der Waals surface area contributed by atoms with Crippen molar-refractivity contribution in [3.63, 3.8) is 0 Å². The topological polar surface area (TPSA) is 23.8 Å². The molecule has 3 aromatic rings. The molecule has 0 aliphatic carbocycles. The monoisotopic (exact) mass is 420 g/mol. The molecule has 1 unspecified atom stereocenters. The van der Waals surface area contributed by atoms with E-state index in [9.17, 15) is 17.6 Å². The minimum absolute atomic E-state index is 0.0381. The third-order valence-corrected chi connectivity index (χ3v) is 5.87. The number of halogens is 4. The van der Waals surface area contributed by atoms with E-state index in [1.165, 1.54) is 17.2 Å². The zero-order valence-electron chi connectivity index (χ0n) is 17.0. The van der Waals surface area contributed by atoms with Crippen LogP contribution in [0.25, 0.3) is 16.6 Å². The van der Waals surface area contributed by atoms with Crippen molar-refractivity contribution in [1.29, 1.82) is 0 Å². The van der Waals surface area contributed by atoms with Crippen molar-refractivity contribution < 1.29 is 17.6 Å². The van der Waals surface area contributed by atoms with Gasteiger partial charge in [-0.25, -0.2) is 4.98 Å². The number of hydrogen-bond acceptors (Lipinski definition) is 3. The fraction of sp³-hybridized carbons (Fsp3) is 0.409. The Labute approximate surface area is 172 Å². The molecule has 0 N–H and O–H groups in total. The van der Waals surface area contributed by atoms with Crippen LogP contribution in [0.1, 0.15) is 24.2 Å². The van der Waals surface area contributed by atoms with Crippen LogP contribution in [-0.4, -0.2) is 58.1 Å². The van der Waals surface area contributed by atoms with Gasteiger partial charge in [0.25, 0.3) is 0 Å². The molecule has 4 nitrogen and oxygen atoms in total. The number of nitrogens with zero attached hydrogens (tertiary/aromatic N) is 4. The standard InChI is InChI=1S/C22H24F4N4/c1-15-3-4-19-18(17-5-7-27-20(23)13-17)6-8-30(19)21(15)16(2)29-11-9-28(10-12-29)14-22(24,25)26/h3-8,13,16H,9-12,14H2,1-2H3. The molecule has 1 atom stereocenters. The maximum atomic E-state index is 13.6. The van der Waals surface area contributed by atoms with Crippen LogP contribution in [0, 0.1) is 12.9 Å². The van der Waals surface area contributed by atoms with Crippen LogP contribution in [-0.2, 0) is 0 Å². The highest BCUT2D eigenvalue weighted by atomic mass is 19.4. The molecule has 0 spiro atoms. The molecule has 1 saturated heterocycles. The van der Waals surface area contributed by atoms with Gasteiger partial charge in [-0.1, -0.05) is 6.07 Å². The van der Waals surface area contributed by atoms with Gasteiger partial charge in [-0.15, -0.1) is 0 Å². The van der Waals surface area contributed by atoms with Gasteiger partial charge in [0.05, 0.1) is 12.1 Å². The molecule has 4 heterocycles. The molecule has 4 rings (SSSR count). The zero-order valence-corrected chi connectivity index (χ0v) is 17.0. The zero-order chi connectivity index (χ0) is 21.5. The van der Waals surface area contributed by atoms with E-state index < -0.39 is 18.7 Å². The van der Waals surface area contributed by atoms with Gasteiger partial charge in [-0.3, -0.25) is 9.80 Å². The second-order valence-electron chi connectivity index (χ2n) is 7.86. The van der Waals surface area contributed by atoms with E-state index in [2.05, 4.69) is 21.2 Å². The van der Waals surface area contributed by atoms with Crippen molar-refractivity contribution in [3.05, 3.63) is 59.9 Å². The predicted octanol–water partition coefficient (Wildman–Crippen LogP) is 4.69. The molecular weight excluding hydrogens is 396 g/mol. The lowest BCUT2D eigenvalue weighted by molar-refractivity contribution is -0.149. The van der Waals surface area contributed by atoms with E-state index in [4.69, 9.17) is 0 Å². The number of piperazine rings is 1. The summed E-state index contributed by atoms with van der Waals surface area (Å²) < 4.78 is 53.7. The van der Waals surface area contributed by atoms with Crippen LogP contribution < -0.4 is 0 Å². The maximum Gasteiger partial charge on any atom is 0.401 e. The Morgan fingerprint density at radius 1 is 1.07 bits per heavy atom. The van der Waals surface area contributed by atoms with Crippen LogP contribution in [0.5, 0.6) is 0 Å². The Hall–Kier alpha value is -2.45. The van der Waals surface area contributed by atoms with Crippen LogP contribution in [0.4, 0.5) is 17.6 Å². The second kappa shape index (κ2) is 8.00. The fourth-order valence-corrected chi connectivity index (χ4v) is 4.38. The molecule has 0 amide bonds. The lowest BCUT2D eigenvalue weighted by Crippen LogP contribution is -2.49. The van der Waals surface area contributed by atoms with Gasteiger partial charge in [0, 0.05) is 61.9 Å². The van der Waals surface area contributed by atoms with Crippen LogP contribution in [0.2, 0.25) is 0 Å². The van der Waals surface area contributed by atoms with Crippen molar-refractivity contribution in [2.75, 3.05) is 32.7 Å². The maximum absolute atomic E-state index is 13.6. The quantitative estimate of drug-likeness (QED) is 0.452. The van der Waals surface area contributed by atoms with Crippen molar-refractivity contribution >= 4 is 5.52 Å². The van der Waals surface area contributed by atoms with Gasteiger partial charge < -0.3 is 4.40 Å². The molecule has 30 heavy (non-hydrogen) atoms. The molecule has 0 saturated carbocycles. The number of rotatable bonds is 4. The average Bonchev–Trinajstić information content (AvgIpc) is 3.11. The van der Waals surface area contributed by atoms with Crippen LogP contribution in [0.3, 0.4) is 0 Å². The Kier molecular flexibility index (Phi) is 5.55. The molecule has 8 heteroatoms. The third-order valence-electron chi connectivity index (χ3n) is 5.87. The highest BCUT2D eigenvalue weighted by molar-refractivity contribution is 5.81. The second-order valence-corrected chi connectivity index (χ2v) is 7.86. The Bertz CT molecular complexity index is 1040. The minimum atomic E-state index is -4.16. The average molecular weight is 420 g/mol. The third kappa shape index (κ3) is 4.20. The fourth-order valence-electron chi connectivity index (χ4n) is 4.38. The Morgan fingerprint density at radius 3 is 2.47 bits per heavy atom. The van der Waals surface area contributed by atoms with Gasteiger partial charge >= 0.3 is 6.18 Å². The summed E-state index contributed by atoms with van der Waals surface area (Å²) in [4.78, 5) is 7.31. The largest absolute Gasteiger partial charge is 0.401 e. The molecule has 0 aromatic carbocycles. The van der Waals surface area contributed by atoms with Crippen molar-refractivity contribution in [2.24, 2.45) is 0 Å². The summed E-state index contributed by atoms with van der Waals surface area (Å²) in [5, 5.41) is 0. The summed E-state index contributed by atoms with van der Waals surface area (Å²) in [5.41, 5.74) is 4.84. The number of pyridine rings is 2. The number of aromatic nitrogens is 2. The van der Waals surface area contributed by atoms with Gasteiger partial charge in [0.2, 0.25) is 5.95 Å². The smallest absolute Gasteiger partial charge is 0.318 e. The summed E-state index contributed by atoms with van der Waals surface area (Å²) in [6.07, 6.45) is -0.738. The van der Waals surface area contributed by atoms with Gasteiger partial charge in [-0.05, 0) is 43.2 Å². The molecule has 1 aliphatic heterocycles. The van der Waals surface area contributed by atoms with Crippen LogP contribution >= 0.6 is 0 Å². The van der Waals surface area contributed by atoms with Gasteiger partial charge in [0.1, 0.15) is 0 Å². The van der Waals surface area contributed by atoms with E-state index in [1.807, 2.05) is 31.3 Å². The lowest BCUT2D eigenvalue weighted by Gasteiger charge is -2.38. The first-order valence-corrected chi connectivity index (χ1v) is 9.98. The van der Waals surface area contributed by atoms with Gasteiger partial charge in [-0.2, -0.15) is 17.6 Å². The molecule has 1 fully saturated rings. The number of fused-ring (bicyclic) bond motifs is 1. The van der Waals surface area contributed by atoms with Crippen molar-refractivity contribution in [1.82, 2.24) is 19.2 Å². The molecule has 1 aliphatic rings. The van der Waals surface area contributed by atoms with Gasteiger partial charge in [0.15, 0.2) is 0 Å². The molecule has 0 bridgehead atoms. The first-order chi connectivity index (χ1) is 14.2. The van der Waals surface area contributed by atoms with E-state index in [-0.39, 0.29) is 6.04 Å². The summed E-state index contributed by atoms with van der Waals surface area (Å²) in [6, 6.07) is 9.25. The SMILES string of the molecule is Cc1ccc2c(-c3ccnc(F)c3)ccn2c1C(C)N1CCN(CC(F)(F)F)CC1. The summed E-state index contributed by atoms with van der Waals surface area (Å²) >= 11 is 0. The van der Waals surface area contributed by atoms with Crippen molar-refractivity contribution in [3.8, 4) is 11.1 Å². The number of hydrogen-bond donors (Lipinski definition) is 0. The molecule has 3 aromatic heterocycles. The summed E-state index contributed by atoms with van der Waals surface area (Å²) in [6.45, 7) is 5.23. The van der Waals surface area contributed by atoms with E-state index in [0.717, 1.165) is 27.9 Å². The minimum Gasteiger partial charge on any atom is -0.318 e. The summed E-state index contributed by atoms with van der Waals surface area (Å²) in [7, 11) is 0.